The van der Waals surface area contributed by atoms with Crippen molar-refractivity contribution in [2.45, 2.75) is 12.8 Å². The van der Waals surface area contributed by atoms with Gasteiger partial charge in [-0.25, -0.2) is 0 Å². The maximum Gasteiger partial charge on any atom is 0.311 e. The van der Waals surface area contributed by atoms with E-state index in [1.165, 1.54) is 0 Å². The van der Waals surface area contributed by atoms with E-state index in [2.05, 4.69) is 10.2 Å². The first kappa shape index (κ1) is 15.7. The number of rotatable bonds is 6. The number of aryl methyl sites for hydroxylation is 1. The zero-order valence-corrected chi connectivity index (χ0v) is 13.3. The zero-order chi connectivity index (χ0) is 16.8. The van der Waals surface area contributed by atoms with Crippen LogP contribution in [0.2, 0.25) is 0 Å². The molecule has 0 saturated heterocycles. The second-order valence-corrected chi connectivity index (χ2v) is 5.11. The summed E-state index contributed by atoms with van der Waals surface area (Å²) in [6.07, 6.45) is 2.29. The molecule has 0 unspecified atom stereocenters. The van der Waals surface area contributed by atoms with Gasteiger partial charge in [-0.15, -0.1) is 10.2 Å². The molecule has 122 valence electrons. The lowest BCUT2D eigenvalue weighted by molar-refractivity contribution is -0.134. The molecular formula is C18H17N3O3. The van der Waals surface area contributed by atoms with E-state index >= 15 is 0 Å². The Morgan fingerprint density at radius 1 is 1.08 bits per heavy atom. The van der Waals surface area contributed by atoms with Crippen molar-refractivity contribution in [1.82, 2.24) is 14.8 Å². The van der Waals surface area contributed by atoms with E-state index in [1.807, 2.05) is 34.9 Å². The molecule has 0 fully saturated rings. The normalized spacial score (nSPS) is 10.4. The molecule has 0 radical (unpaired) electrons. The van der Waals surface area contributed by atoms with Crippen molar-refractivity contribution in [3.8, 4) is 17.2 Å². The molecule has 3 rings (SSSR count). The van der Waals surface area contributed by atoms with Gasteiger partial charge in [-0.05, 0) is 24.3 Å². The first-order valence-electron chi connectivity index (χ1n) is 7.55. The van der Waals surface area contributed by atoms with Crippen LogP contribution < -0.4 is 9.47 Å². The Balaban J connectivity index is 1.62. The fourth-order valence-corrected chi connectivity index (χ4v) is 2.29. The third kappa shape index (κ3) is 3.78. The lowest BCUT2D eigenvalue weighted by Crippen LogP contribution is -2.11. The van der Waals surface area contributed by atoms with Crippen molar-refractivity contribution in [1.29, 1.82) is 0 Å². The van der Waals surface area contributed by atoms with Crippen LogP contribution in [0.3, 0.4) is 0 Å². The van der Waals surface area contributed by atoms with Crippen molar-refractivity contribution >= 4 is 5.97 Å². The summed E-state index contributed by atoms with van der Waals surface area (Å²) in [7, 11) is 1.57. The van der Waals surface area contributed by atoms with Gasteiger partial charge in [0.25, 0.3) is 0 Å². The van der Waals surface area contributed by atoms with Crippen molar-refractivity contribution in [3.05, 3.63) is 66.7 Å². The Labute approximate surface area is 139 Å². The number of esters is 1. The number of para-hydroxylation sites is 1. The summed E-state index contributed by atoms with van der Waals surface area (Å²) in [5.74, 6) is 1.49. The van der Waals surface area contributed by atoms with Crippen LogP contribution in [0.4, 0.5) is 0 Å². The third-order valence-electron chi connectivity index (χ3n) is 3.48. The minimum absolute atomic E-state index is 0.211. The lowest BCUT2D eigenvalue weighted by Gasteiger charge is -2.07. The van der Waals surface area contributed by atoms with Crippen LogP contribution in [0.15, 0.2) is 60.9 Å². The van der Waals surface area contributed by atoms with Crippen LogP contribution in [0.5, 0.6) is 11.5 Å². The molecule has 0 saturated carbocycles. The first-order valence-corrected chi connectivity index (χ1v) is 7.55. The third-order valence-corrected chi connectivity index (χ3v) is 3.48. The van der Waals surface area contributed by atoms with Crippen LogP contribution >= 0.6 is 0 Å². The van der Waals surface area contributed by atoms with Gasteiger partial charge in [0, 0.05) is 18.2 Å². The standard InChI is InChI=1S/C18H17N3O3/c1-23-15-8-5-9-16(12-15)24-18(22)11-10-17-20-19-13-21(17)14-6-3-2-4-7-14/h2-9,12-13H,10-11H2,1H3. The Kier molecular flexibility index (Phi) is 4.86. The Morgan fingerprint density at radius 3 is 2.67 bits per heavy atom. The Bertz CT molecular complexity index is 815. The molecule has 0 aliphatic rings. The smallest absolute Gasteiger partial charge is 0.311 e. The van der Waals surface area contributed by atoms with Crippen molar-refractivity contribution < 1.29 is 14.3 Å². The number of carbonyl (C=O) groups excluding carboxylic acids is 1. The van der Waals surface area contributed by atoms with Gasteiger partial charge in [-0.3, -0.25) is 9.36 Å². The highest BCUT2D eigenvalue weighted by molar-refractivity contribution is 5.72. The van der Waals surface area contributed by atoms with E-state index in [1.54, 1.807) is 37.7 Å². The predicted octanol–water partition coefficient (Wildman–Crippen LogP) is 2.81. The van der Waals surface area contributed by atoms with E-state index in [0.29, 0.717) is 23.7 Å². The number of methoxy groups -OCH3 is 1. The summed E-state index contributed by atoms with van der Waals surface area (Å²) in [5, 5.41) is 8.01. The van der Waals surface area contributed by atoms with Crippen molar-refractivity contribution in [2.24, 2.45) is 0 Å². The number of ether oxygens (including phenoxy) is 2. The van der Waals surface area contributed by atoms with E-state index in [4.69, 9.17) is 9.47 Å². The van der Waals surface area contributed by atoms with Gasteiger partial charge in [0.15, 0.2) is 0 Å². The fourth-order valence-electron chi connectivity index (χ4n) is 2.29. The summed E-state index contributed by atoms with van der Waals surface area (Å²) in [4.78, 5) is 12.0. The topological polar surface area (TPSA) is 66.2 Å². The molecule has 0 amide bonds. The van der Waals surface area contributed by atoms with E-state index < -0.39 is 0 Å². The summed E-state index contributed by atoms with van der Waals surface area (Å²) in [6, 6.07) is 16.7. The predicted molar refractivity (Wildman–Crippen MR) is 88.3 cm³/mol. The number of benzene rings is 2. The average molecular weight is 323 g/mol. The van der Waals surface area contributed by atoms with Crippen LogP contribution in [-0.2, 0) is 11.2 Å². The summed E-state index contributed by atoms with van der Waals surface area (Å²) in [5.41, 5.74) is 0.957. The Morgan fingerprint density at radius 2 is 1.88 bits per heavy atom. The monoisotopic (exact) mass is 323 g/mol. The zero-order valence-electron chi connectivity index (χ0n) is 13.3. The van der Waals surface area contributed by atoms with E-state index in [-0.39, 0.29) is 12.4 Å². The van der Waals surface area contributed by atoms with Crippen molar-refractivity contribution in [2.75, 3.05) is 7.11 Å². The molecule has 0 bridgehead atoms. The fraction of sp³-hybridized carbons (Fsp3) is 0.167. The SMILES string of the molecule is COc1cccc(OC(=O)CCc2nncn2-c2ccccc2)c1. The van der Waals surface area contributed by atoms with E-state index in [0.717, 1.165) is 5.69 Å². The van der Waals surface area contributed by atoms with Crippen LogP contribution in [-0.4, -0.2) is 27.8 Å². The number of aromatic nitrogens is 3. The minimum Gasteiger partial charge on any atom is -0.497 e. The highest BCUT2D eigenvalue weighted by Gasteiger charge is 2.11. The molecule has 0 N–H and O–H groups in total. The van der Waals surface area contributed by atoms with Gasteiger partial charge in [0.2, 0.25) is 0 Å². The van der Waals surface area contributed by atoms with Gasteiger partial charge in [-0.1, -0.05) is 24.3 Å². The molecule has 0 atom stereocenters. The second kappa shape index (κ2) is 7.41. The maximum atomic E-state index is 12.0. The quantitative estimate of drug-likeness (QED) is 0.515. The molecule has 1 aromatic heterocycles. The molecule has 1 heterocycles. The molecule has 0 spiro atoms. The minimum atomic E-state index is -0.328. The molecule has 6 nitrogen and oxygen atoms in total. The number of hydrogen-bond donors (Lipinski definition) is 0. The summed E-state index contributed by atoms with van der Waals surface area (Å²) < 4.78 is 12.3. The maximum absolute atomic E-state index is 12.0. The second-order valence-electron chi connectivity index (χ2n) is 5.11. The number of nitrogens with zero attached hydrogens (tertiary/aromatic N) is 3. The van der Waals surface area contributed by atoms with Crippen LogP contribution in [0.1, 0.15) is 12.2 Å². The van der Waals surface area contributed by atoms with Gasteiger partial charge >= 0.3 is 5.97 Å². The van der Waals surface area contributed by atoms with Crippen LogP contribution in [0, 0.1) is 0 Å². The lowest BCUT2D eigenvalue weighted by atomic mass is 10.2. The van der Waals surface area contributed by atoms with E-state index in [9.17, 15) is 4.79 Å². The summed E-state index contributed by atoms with van der Waals surface area (Å²) in [6.45, 7) is 0. The molecule has 3 aromatic rings. The number of carbonyl (C=O) groups is 1. The molecule has 2 aromatic carbocycles. The molecular weight excluding hydrogens is 306 g/mol. The molecule has 24 heavy (non-hydrogen) atoms. The first-order chi connectivity index (χ1) is 11.8. The van der Waals surface area contributed by atoms with Gasteiger partial charge in [0.1, 0.15) is 23.7 Å². The van der Waals surface area contributed by atoms with Crippen LogP contribution in [0.25, 0.3) is 5.69 Å². The Hall–Kier alpha value is -3.15. The molecule has 0 aliphatic heterocycles. The highest BCUT2D eigenvalue weighted by atomic mass is 16.5. The average Bonchev–Trinajstić information content (AvgIpc) is 3.09. The number of hydrogen-bond acceptors (Lipinski definition) is 5. The van der Waals surface area contributed by atoms with Gasteiger partial charge in [0.05, 0.1) is 13.5 Å². The largest absolute Gasteiger partial charge is 0.497 e. The molecule has 0 aliphatic carbocycles. The van der Waals surface area contributed by atoms with Crippen molar-refractivity contribution in [3.63, 3.8) is 0 Å². The van der Waals surface area contributed by atoms with Gasteiger partial charge < -0.3 is 9.47 Å². The summed E-state index contributed by atoms with van der Waals surface area (Å²) >= 11 is 0. The highest BCUT2D eigenvalue weighted by Crippen LogP contribution is 2.19. The van der Waals surface area contributed by atoms with Gasteiger partial charge in [-0.2, -0.15) is 0 Å². The molecule has 6 heteroatoms.